The highest BCUT2D eigenvalue weighted by Crippen LogP contribution is 2.32. The highest BCUT2D eigenvalue weighted by atomic mass is 35.5. The van der Waals surface area contributed by atoms with Crippen molar-refractivity contribution in [3.05, 3.63) is 28.3 Å². The SMILES string of the molecule is COCCN(CCOC)CC(O)COc1cc(C)c(Cl)cc1C(C)C.O=C(O)C(=O)O. The molecule has 0 radical (unpaired) electrons. The Morgan fingerprint density at radius 3 is 2.00 bits per heavy atom. The van der Waals surface area contributed by atoms with Gasteiger partial charge in [-0.25, -0.2) is 9.59 Å². The number of aliphatic hydroxyl groups is 1. The van der Waals surface area contributed by atoms with Crippen molar-refractivity contribution in [1.29, 1.82) is 0 Å². The molecule has 9 nitrogen and oxygen atoms in total. The molecule has 0 aliphatic carbocycles. The molecule has 1 aromatic rings. The van der Waals surface area contributed by atoms with E-state index in [1.54, 1.807) is 14.2 Å². The van der Waals surface area contributed by atoms with Crippen molar-refractivity contribution in [3.8, 4) is 5.75 Å². The van der Waals surface area contributed by atoms with Gasteiger partial charge in [-0.2, -0.15) is 0 Å². The van der Waals surface area contributed by atoms with Crippen LogP contribution in [0.25, 0.3) is 0 Å². The minimum Gasteiger partial charge on any atom is -0.491 e. The van der Waals surface area contributed by atoms with Crippen molar-refractivity contribution < 1.29 is 39.1 Å². The maximum atomic E-state index is 10.4. The van der Waals surface area contributed by atoms with Crippen LogP contribution in [0.3, 0.4) is 0 Å². The van der Waals surface area contributed by atoms with Crippen molar-refractivity contribution in [3.63, 3.8) is 0 Å². The second-order valence-electron chi connectivity index (χ2n) is 7.16. The molecular weight excluding hydrogens is 430 g/mol. The molecule has 1 atom stereocenters. The fourth-order valence-corrected chi connectivity index (χ4v) is 2.69. The number of carbonyl (C=O) groups is 2. The molecule has 10 heteroatoms. The first kappa shape index (κ1) is 29.1. The second-order valence-corrected chi connectivity index (χ2v) is 7.56. The Labute approximate surface area is 188 Å². The molecule has 0 aromatic heterocycles. The van der Waals surface area contributed by atoms with Gasteiger partial charge in [0.15, 0.2) is 0 Å². The molecule has 1 unspecified atom stereocenters. The quantitative estimate of drug-likeness (QED) is 0.400. The molecule has 0 bridgehead atoms. The van der Waals surface area contributed by atoms with Crippen LogP contribution in [-0.2, 0) is 19.1 Å². The van der Waals surface area contributed by atoms with Gasteiger partial charge in [0.2, 0.25) is 0 Å². The second kappa shape index (κ2) is 15.8. The highest BCUT2D eigenvalue weighted by Gasteiger charge is 2.15. The third-order valence-electron chi connectivity index (χ3n) is 4.22. The smallest absolute Gasteiger partial charge is 0.414 e. The number of benzene rings is 1. The van der Waals surface area contributed by atoms with E-state index >= 15 is 0 Å². The van der Waals surface area contributed by atoms with Crippen LogP contribution in [-0.4, -0.2) is 91.9 Å². The van der Waals surface area contributed by atoms with Gasteiger partial charge < -0.3 is 29.5 Å². The van der Waals surface area contributed by atoms with Crippen LogP contribution in [0.1, 0.15) is 30.9 Å². The lowest BCUT2D eigenvalue weighted by Crippen LogP contribution is -2.39. The molecule has 0 aliphatic heterocycles. The Kier molecular flexibility index (Phi) is 14.9. The molecule has 0 amide bonds. The number of aliphatic carboxylic acids is 2. The maximum absolute atomic E-state index is 10.4. The van der Waals surface area contributed by atoms with Gasteiger partial charge in [0.05, 0.1) is 13.2 Å². The molecule has 1 aromatic carbocycles. The highest BCUT2D eigenvalue weighted by molar-refractivity contribution is 6.31. The maximum Gasteiger partial charge on any atom is 0.414 e. The summed E-state index contributed by atoms with van der Waals surface area (Å²) in [4.78, 5) is 20.3. The lowest BCUT2D eigenvalue weighted by molar-refractivity contribution is -0.159. The summed E-state index contributed by atoms with van der Waals surface area (Å²) in [5.74, 6) is -2.56. The summed E-state index contributed by atoms with van der Waals surface area (Å²) in [5, 5.41) is 25.9. The van der Waals surface area contributed by atoms with Gasteiger partial charge >= 0.3 is 11.9 Å². The molecule has 0 aliphatic rings. The largest absolute Gasteiger partial charge is 0.491 e. The van der Waals surface area contributed by atoms with E-state index in [1.165, 1.54) is 0 Å². The van der Waals surface area contributed by atoms with Crippen LogP contribution in [0.5, 0.6) is 5.75 Å². The average molecular weight is 464 g/mol. The summed E-state index contributed by atoms with van der Waals surface area (Å²) in [6.07, 6.45) is -0.593. The van der Waals surface area contributed by atoms with E-state index in [9.17, 15) is 5.11 Å². The van der Waals surface area contributed by atoms with Crippen molar-refractivity contribution in [2.45, 2.75) is 32.8 Å². The molecule has 1 rings (SSSR count). The molecule has 0 saturated carbocycles. The molecule has 0 spiro atoms. The Bertz CT molecular complexity index is 664. The summed E-state index contributed by atoms with van der Waals surface area (Å²) >= 11 is 6.22. The Morgan fingerprint density at radius 1 is 1.06 bits per heavy atom. The molecule has 0 fully saturated rings. The number of aliphatic hydroxyl groups excluding tert-OH is 1. The average Bonchev–Trinajstić information content (AvgIpc) is 2.70. The number of ether oxygens (including phenoxy) is 3. The Hall–Kier alpha value is -1.91. The number of aryl methyl sites for hydroxylation is 1. The first-order valence-electron chi connectivity index (χ1n) is 9.80. The Morgan fingerprint density at radius 2 is 1.58 bits per heavy atom. The van der Waals surface area contributed by atoms with Crippen LogP contribution in [0.15, 0.2) is 12.1 Å². The van der Waals surface area contributed by atoms with Gasteiger partial charge in [-0.15, -0.1) is 0 Å². The number of carboxylic acid groups (broad SMARTS) is 2. The fourth-order valence-electron chi connectivity index (χ4n) is 2.52. The molecule has 178 valence electrons. The van der Waals surface area contributed by atoms with Crippen LogP contribution < -0.4 is 4.74 Å². The number of rotatable bonds is 12. The van der Waals surface area contributed by atoms with Crippen LogP contribution in [0.2, 0.25) is 5.02 Å². The minimum absolute atomic E-state index is 0.233. The molecule has 0 saturated heterocycles. The van der Waals surface area contributed by atoms with Crippen molar-refractivity contribution in [1.82, 2.24) is 4.90 Å². The van der Waals surface area contributed by atoms with Crippen LogP contribution in [0, 0.1) is 6.92 Å². The monoisotopic (exact) mass is 463 g/mol. The van der Waals surface area contributed by atoms with E-state index in [2.05, 4.69) is 18.7 Å². The lowest BCUT2D eigenvalue weighted by Gasteiger charge is -2.25. The summed E-state index contributed by atoms with van der Waals surface area (Å²) in [7, 11) is 3.34. The van der Waals surface area contributed by atoms with Crippen molar-refractivity contribution in [2.24, 2.45) is 0 Å². The van der Waals surface area contributed by atoms with Gasteiger partial charge in [-0.05, 0) is 36.1 Å². The third kappa shape index (κ3) is 12.5. The van der Waals surface area contributed by atoms with E-state index in [4.69, 9.17) is 45.6 Å². The van der Waals surface area contributed by atoms with Crippen LogP contribution in [0.4, 0.5) is 0 Å². The first-order chi connectivity index (χ1) is 14.5. The number of hydrogen-bond donors (Lipinski definition) is 3. The number of carboxylic acids is 2. The number of nitrogens with zero attached hydrogens (tertiary/aromatic N) is 1. The van der Waals surface area contributed by atoms with E-state index in [0.29, 0.717) is 25.7 Å². The van der Waals surface area contributed by atoms with Crippen molar-refractivity contribution >= 4 is 23.5 Å². The molecule has 3 N–H and O–H groups in total. The predicted molar refractivity (Wildman–Crippen MR) is 117 cm³/mol. The van der Waals surface area contributed by atoms with Gasteiger partial charge in [-0.3, -0.25) is 4.90 Å². The zero-order chi connectivity index (χ0) is 24.0. The lowest BCUT2D eigenvalue weighted by atomic mass is 10.0. The van der Waals surface area contributed by atoms with E-state index in [1.807, 2.05) is 19.1 Å². The minimum atomic E-state index is -1.82. The molecule has 0 heterocycles. The number of halogens is 1. The molecular formula is C21H34ClNO8. The summed E-state index contributed by atoms with van der Waals surface area (Å²) in [6.45, 7) is 9.61. The first-order valence-corrected chi connectivity index (χ1v) is 10.2. The van der Waals surface area contributed by atoms with E-state index in [-0.39, 0.29) is 6.61 Å². The topological polar surface area (TPSA) is 126 Å². The number of hydrogen-bond acceptors (Lipinski definition) is 7. The summed E-state index contributed by atoms with van der Waals surface area (Å²) < 4.78 is 16.2. The zero-order valence-electron chi connectivity index (χ0n) is 18.8. The van der Waals surface area contributed by atoms with Gasteiger partial charge in [0.1, 0.15) is 18.5 Å². The number of methoxy groups -OCH3 is 2. The van der Waals surface area contributed by atoms with Crippen molar-refractivity contribution in [2.75, 3.05) is 53.7 Å². The van der Waals surface area contributed by atoms with Gasteiger partial charge in [0.25, 0.3) is 0 Å². The van der Waals surface area contributed by atoms with E-state index < -0.39 is 18.0 Å². The summed E-state index contributed by atoms with van der Waals surface area (Å²) in [5.41, 5.74) is 2.02. The summed E-state index contributed by atoms with van der Waals surface area (Å²) in [6, 6.07) is 3.89. The normalized spacial score (nSPS) is 11.8. The van der Waals surface area contributed by atoms with Gasteiger partial charge in [-0.1, -0.05) is 25.4 Å². The Balaban J connectivity index is 0.00000131. The van der Waals surface area contributed by atoms with Gasteiger partial charge in [0, 0.05) is 38.9 Å². The molecule has 31 heavy (non-hydrogen) atoms. The van der Waals surface area contributed by atoms with E-state index in [0.717, 1.165) is 35.0 Å². The third-order valence-corrected chi connectivity index (χ3v) is 4.63. The standard InChI is InChI=1S/C19H32ClNO4.C2H2O4/c1-14(2)17-11-18(20)15(3)10-19(17)25-13-16(22)12-21(6-8-23-4)7-9-24-5;3-1(4)2(5)6/h10-11,14,16,22H,6-9,12-13H2,1-5H3;(H,3,4)(H,5,6). The zero-order valence-corrected chi connectivity index (χ0v) is 19.5. The van der Waals surface area contributed by atoms with Crippen LogP contribution >= 0.6 is 11.6 Å². The fraction of sp³-hybridized carbons (Fsp3) is 0.619. The predicted octanol–water partition coefficient (Wildman–Crippen LogP) is 2.26.